The Morgan fingerprint density at radius 3 is 1.70 bits per heavy atom. The van der Waals surface area contributed by atoms with E-state index in [-0.39, 0.29) is 5.41 Å². The molecule has 2 heteroatoms. The van der Waals surface area contributed by atoms with E-state index < -0.39 is 0 Å². The van der Waals surface area contributed by atoms with Crippen molar-refractivity contribution >= 4 is 76.2 Å². The van der Waals surface area contributed by atoms with Gasteiger partial charge in [0.2, 0.25) is 0 Å². The molecular formula is C51H32O2. The molecule has 12 rings (SSSR count). The number of furan rings is 2. The molecule has 11 aromatic rings. The van der Waals surface area contributed by atoms with Crippen LogP contribution in [0.15, 0.2) is 167 Å². The van der Waals surface area contributed by atoms with Crippen LogP contribution in [0.3, 0.4) is 0 Å². The first-order valence-corrected chi connectivity index (χ1v) is 18.4. The van der Waals surface area contributed by atoms with Crippen molar-refractivity contribution < 1.29 is 8.83 Å². The predicted octanol–water partition coefficient (Wildman–Crippen LogP) is 14.6. The van der Waals surface area contributed by atoms with Crippen LogP contribution in [0.4, 0.5) is 0 Å². The smallest absolute Gasteiger partial charge is 0.147 e. The first-order valence-electron chi connectivity index (χ1n) is 18.4. The minimum Gasteiger partial charge on any atom is -0.456 e. The van der Waals surface area contributed by atoms with E-state index in [1.54, 1.807) is 0 Å². The van der Waals surface area contributed by atoms with Gasteiger partial charge in [-0.2, -0.15) is 0 Å². The van der Waals surface area contributed by atoms with Crippen LogP contribution < -0.4 is 0 Å². The zero-order valence-corrected chi connectivity index (χ0v) is 29.3. The molecule has 1 aliphatic carbocycles. The van der Waals surface area contributed by atoms with Crippen molar-refractivity contribution in [3.63, 3.8) is 0 Å². The van der Waals surface area contributed by atoms with Gasteiger partial charge in [-0.3, -0.25) is 0 Å². The minimum atomic E-state index is -0.0748. The maximum atomic E-state index is 6.70. The highest BCUT2D eigenvalue weighted by Gasteiger charge is 2.35. The van der Waals surface area contributed by atoms with Crippen LogP contribution in [0.1, 0.15) is 25.0 Å². The fraction of sp³-hybridized carbons (Fsp3) is 0.0588. The topological polar surface area (TPSA) is 26.3 Å². The van der Waals surface area contributed by atoms with Crippen molar-refractivity contribution in [2.75, 3.05) is 0 Å². The fourth-order valence-electron chi connectivity index (χ4n) is 9.63. The summed E-state index contributed by atoms with van der Waals surface area (Å²) in [6.07, 6.45) is 0. The molecule has 2 nitrogen and oxygen atoms in total. The monoisotopic (exact) mass is 676 g/mol. The van der Waals surface area contributed by atoms with Crippen LogP contribution in [-0.2, 0) is 5.41 Å². The van der Waals surface area contributed by atoms with Crippen molar-refractivity contribution in [2.45, 2.75) is 19.3 Å². The van der Waals surface area contributed by atoms with Crippen LogP contribution in [0.2, 0.25) is 0 Å². The van der Waals surface area contributed by atoms with E-state index in [0.717, 1.165) is 49.4 Å². The molecule has 0 radical (unpaired) electrons. The summed E-state index contributed by atoms with van der Waals surface area (Å²) in [4.78, 5) is 0. The molecule has 0 aliphatic heterocycles. The van der Waals surface area contributed by atoms with E-state index in [1.807, 2.05) is 0 Å². The van der Waals surface area contributed by atoms with Gasteiger partial charge in [-0.15, -0.1) is 0 Å². The van der Waals surface area contributed by atoms with E-state index >= 15 is 0 Å². The Morgan fingerprint density at radius 1 is 0.377 bits per heavy atom. The van der Waals surface area contributed by atoms with Gasteiger partial charge in [0.05, 0.1) is 5.39 Å². The van der Waals surface area contributed by atoms with Gasteiger partial charge >= 0.3 is 0 Å². The summed E-state index contributed by atoms with van der Waals surface area (Å²) < 4.78 is 13.2. The molecular weight excluding hydrogens is 645 g/mol. The summed E-state index contributed by atoms with van der Waals surface area (Å²) in [5.41, 5.74) is 13.8. The first kappa shape index (κ1) is 29.0. The van der Waals surface area contributed by atoms with Gasteiger partial charge in [0.1, 0.15) is 22.3 Å². The van der Waals surface area contributed by atoms with Crippen LogP contribution in [0, 0.1) is 0 Å². The SMILES string of the molecule is CC1(C)c2ccccc2-c2ccc(-c3c4ccccc4c(-c4ccc5oc6ccc7c(oc8ccc9ccccc9c87)c6c5c4)c4ccccc34)cc21. The lowest BCUT2D eigenvalue weighted by Gasteiger charge is -2.23. The fourth-order valence-corrected chi connectivity index (χ4v) is 9.63. The quantitative estimate of drug-likeness (QED) is 0.170. The Bertz CT molecular complexity index is 3310. The van der Waals surface area contributed by atoms with Gasteiger partial charge in [-0.25, -0.2) is 0 Å². The Labute approximate surface area is 305 Å². The number of fused-ring (bicyclic) bond motifs is 14. The average molecular weight is 677 g/mol. The van der Waals surface area contributed by atoms with E-state index in [9.17, 15) is 0 Å². The van der Waals surface area contributed by atoms with E-state index in [4.69, 9.17) is 8.83 Å². The van der Waals surface area contributed by atoms with Crippen molar-refractivity contribution in [3.05, 3.63) is 169 Å². The molecule has 0 amide bonds. The van der Waals surface area contributed by atoms with Gasteiger partial charge in [0.15, 0.2) is 0 Å². The molecule has 0 saturated carbocycles. The summed E-state index contributed by atoms with van der Waals surface area (Å²) in [5, 5.41) is 11.7. The van der Waals surface area contributed by atoms with Gasteiger partial charge in [0.25, 0.3) is 0 Å². The van der Waals surface area contributed by atoms with Gasteiger partial charge < -0.3 is 8.83 Å². The van der Waals surface area contributed by atoms with E-state index in [2.05, 4.69) is 172 Å². The lowest BCUT2D eigenvalue weighted by molar-refractivity contribution is 0.660. The number of rotatable bonds is 2. The highest BCUT2D eigenvalue weighted by atomic mass is 16.3. The van der Waals surface area contributed by atoms with Crippen LogP contribution >= 0.6 is 0 Å². The van der Waals surface area contributed by atoms with E-state index in [0.29, 0.717) is 0 Å². The second-order valence-electron chi connectivity index (χ2n) is 15.2. The number of hydrogen-bond donors (Lipinski definition) is 0. The lowest BCUT2D eigenvalue weighted by atomic mass is 9.80. The summed E-state index contributed by atoms with van der Waals surface area (Å²) >= 11 is 0. The molecule has 2 heterocycles. The number of benzene rings is 9. The molecule has 2 aromatic heterocycles. The molecule has 0 saturated heterocycles. The minimum absolute atomic E-state index is 0.0748. The van der Waals surface area contributed by atoms with Crippen molar-refractivity contribution in [1.29, 1.82) is 0 Å². The molecule has 0 unspecified atom stereocenters. The Kier molecular flexibility index (Phi) is 5.60. The van der Waals surface area contributed by atoms with Crippen molar-refractivity contribution in [1.82, 2.24) is 0 Å². The molecule has 0 atom stereocenters. The summed E-state index contributed by atoms with van der Waals surface area (Å²) in [6, 6.07) is 57.5. The Hall–Kier alpha value is -6.64. The molecule has 0 N–H and O–H groups in total. The van der Waals surface area contributed by atoms with Crippen LogP contribution in [-0.4, -0.2) is 0 Å². The van der Waals surface area contributed by atoms with Gasteiger partial charge in [-0.1, -0.05) is 135 Å². The van der Waals surface area contributed by atoms with Gasteiger partial charge in [0, 0.05) is 21.6 Å². The highest BCUT2D eigenvalue weighted by Crippen LogP contribution is 2.51. The maximum Gasteiger partial charge on any atom is 0.147 e. The van der Waals surface area contributed by atoms with Crippen molar-refractivity contribution in [3.8, 4) is 33.4 Å². The van der Waals surface area contributed by atoms with E-state index in [1.165, 1.54) is 71.3 Å². The average Bonchev–Trinajstić information content (AvgIpc) is 3.84. The molecule has 9 aromatic carbocycles. The molecule has 0 fully saturated rings. The van der Waals surface area contributed by atoms with Crippen LogP contribution in [0.5, 0.6) is 0 Å². The third-order valence-electron chi connectivity index (χ3n) is 12.1. The third kappa shape index (κ3) is 3.82. The Balaban J connectivity index is 1.12. The summed E-state index contributed by atoms with van der Waals surface area (Å²) in [6.45, 7) is 4.72. The Morgan fingerprint density at radius 2 is 0.943 bits per heavy atom. The standard InChI is InChI=1S/C51H32O2/c1-51(2)41-18-10-9-13-33(41)34-22-19-31(28-42(34)51)47-37-16-7-5-14-35(37)46(36-15-6-8-17-38(36)47)30-21-24-43-40(27-30)49-45(52-43)26-23-39-48-32-12-4-3-11-29(32)20-25-44(48)53-50(39)49/h3-28H,1-2H3. The highest BCUT2D eigenvalue weighted by molar-refractivity contribution is 6.27. The first-order chi connectivity index (χ1) is 26.0. The largest absolute Gasteiger partial charge is 0.456 e. The second-order valence-corrected chi connectivity index (χ2v) is 15.2. The second kappa shape index (κ2) is 10.2. The summed E-state index contributed by atoms with van der Waals surface area (Å²) in [7, 11) is 0. The maximum absolute atomic E-state index is 6.70. The predicted molar refractivity (Wildman–Crippen MR) is 222 cm³/mol. The zero-order valence-electron chi connectivity index (χ0n) is 29.3. The third-order valence-corrected chi connectivity index (χ3v) is 12.1. The molecule has 0 bridgehead atoms. The zero-order chi connectivity index (χ0) is 35.0. The van der Waals surface area contributed by atoms with Crippen molar-refractivity contribution in [2.24, 2.45) is 0 Å². The molecule has 53 heavy (non-hydrogen) atoms. The molecule has 1 aliphatic rings. The number of hydrogen-bond acceptors (Lipinski definition) is 2. The molecule has 248 valence electrons. The summed E-state index contributed by atoms with van der Waals surface area (Å²) in [5.74, 6) is 0. The lowest BCUT2D eigenvalue weighted by Crippen LogP contribution is -2.14. The normalized spacial score (nSPS) is 13.6. The molecule has 0 spiro atoms. The van der Waals surface area contributed by atoms with Crippen LogP contribution in [0.25, 0.3) is 110 Å². The van der Waals surface area contributed by atoms with Gasteiger partial charge in [-0.05, 0) is 113 Å².